The highest BCUT2D eigenvalue weighted by Gasteiger charge is 2.48. The molecule has 1 N–H and O–H groups in total. The van der Waals surface area contributed by atoms with E-state index in [1.165, 1.54) is 29.4 Å². The number of thiazole rings is 1. The standard InChI is InChI=1S/C23H18ClN3O5S/c1-3-32-22(31)20-12(2)26-23(33-20)27-17(14-5-4-6-15(24)11-14)16(19(29)21(27)30)18(28)13-7-9-25-10-8-13/h4-11,17,28H,3H2,1-2H3. The first-order chi connectivity index (χ1) is 15.8. The predicted molar refractivity (Wildman–Crippen MR) is 123 cm³/mol. The summed E-state index contributed by atoms with van der Waals surface area (Å²) in [6.45, 7) is 3.49. The van der Waals surface area contributed by atoms with Gasteiger partial charge in [0.05, 0.1) is 23.9 Å². The van der Waals surface area contributed by atoms with Gasteiger partial charge < -0.3 is 9.84 Å². The third kappa shape index (κ3) is 4.12. The van der Waals surface area contributed by atoms with E-state index in [2.05, 4.69) is 9.97 Å². The molecule has 33 heavy (non-hydrogen) atoms. The number of esters is 1. The van der Waals surface area contributed by atoms with Crippen molar-refractivity contribution in [2.75, 3.05) is 11.5 Å². The Morgan fingerprint density at radius 2 is 1.97 bits per heavy atom. The molecule has 1 amide bonds. The van der Waals surface area contributed by atoms with Crippen molar-refractivity contribution in [1.82, 2.24) is 9.97 Å². The molecule has 4 rings (SSSR count). The van der Waals surface area contributed by atoms with E-state index in [1.54, 1.807) is 38.1 Å². The van der Waals surface area contributed by atoms with Gasteiger partial charge >= 0.3 is 11.9 Å². The Labute approximate surface area is 198 Å². The van der Waals surface area contributed by atoms with Gasteiger partial charge in [-0.05, 0) is 43.7 Å². The lowest BCUT2D eigenvalue weighted by molar-refractivity contribution is -0.132. The van der Waals surface area contributed by atoms with Crippen molar-refractivity contribution in [3.8, 4) is 0 Å². The average Bonchev–Trinajstić information content (AvgIpc) is 3.31. The lowest BCUT2D eigenvalue weighted by Crippen LogP contribution is -2.29. The van der Waals surface area contributed by atoms with Crippen LogP contribution in [0.3, 0.4) is 0 Å². The smallest absolute Gasteiger partial charge is 0.350 e. The predicted octanol–water partition coefficient (Wildman–Crippen LogP) is 4.30. The topological polar surface area (TPSA) is 110 Å². The number of carbonyl (C=O) groups excluding carboxylic acids is 3. The number of aryl methyl sites for hydroxylation is 1. The minimum Gasteiger partial charge on any atom is -0.507 e. The van der Waals surface area contributed by atoms with Crippen LogP contribution in [-0.4, -0.2) is 39.3 Å². The largest absolute Gasteiger partial charge is 0.507 e. The zero-order valence-electron chi connectivity index (χ0n) is 17.6. The highest BCUT2D eigenvalue weighted by Crippen LogP contribution is 2.44. The number of aliphatic hydroxyl groups excluding tert-OH is 1. The van der Waals surface area contributed by atoms with E-state index in [1.807, 2.05) is 0 Å². The maximum atomic E-state index is 13.2. The van der Waals surface area contributed by atoms with Crippen LogP contribution in [-0.2, 0) is 14.3 Å². The number of benzene rings is 1. The van der Waals surface area contributed by atoms with Crippen LogP contribution in [0.5, 0.6) is 0 Å². The average molecular weight is 484 g/mol. The summed E-state index contributed by atoms with van der Waals surface area (Å²) >= 11 is 7.13. The molecule has 3 aromatic rings. The van der Waals surface area contributed by atoms with E-state index in [0.29, 0.717) is 21.8 Å². The number of amides is 1. The first-order valence-electron chi connectivity index (χ1n) is 9.94. The van der Waals surface area contributed by atoms with Gasteiger partial charge in [0.2, 0.25) is 0 Å². The molecule has 0 aliphatic carbocycles. The quantitative estimate of drug-likeness (QED) is 0.249. The second-order valence-electron chi connectivity index (χ2n) is 7.09. The number of pyridine rings is 1. The normalized spacial score (nSPS) is 17.4. The number of aliphatic hydroxyl groups is 1. The number of anilines is 1. The molecule has 1 fully saturated rings. The number of carbonyl (C=O) groups is 3. The summed E-state index contributed by atoms with van der Waals surface area (Å²) in [5.41, 5.74) is 1.09. The zero-order chi connectivity index (χ0) is 23.7. The lowest BCUT2D eigenvalue weighted by atomic mass is 9.96. The third-order valence-corrected chi connectivity index (χ3v) is 6.39. The summed E-state index contributed by atoms with van der Waals surface area (Å²) in [4.78, 5) is 48.3. The van der Waals surface area contributed by atoms with Crippen LogP contribution in [0.4, 0.5) is 5.13 Å². The lowest BCUT2D eigenvalue weighted by Gasteiger charge is -2.23. The maximum absolute atomic E-state index is 13.2. The van der Waals surface area contributed by atoms with Crippen LogP contribution in [0.1, 0.15) is 39.5 Å². The van der Waals surface area contributed by atoms with Gasteiger partial charge in [-0.1, -0.05) is 35.1 Å². The molecule has 2 aromatic heterocycles. The molecule has 168 valence electrons. The van der Waals surface area contributed by atoms with Crippen molar-refractivity contribution in [2.24, 2.45) is 0 Å². The summed E-state index contributed by atoms with van der Waals surface area (Å²) in [5, 5.41) is 11.5. The van der Waals surface area contributed by atoms with Gasteiger partial charge in [-0.2, -0.15) is 0 Å². The van der Waals surface area contributed by atoms with Gasteiger partial charge in [-0.15, -0.1) is 0 Å². The molecule has 1 aromatic carbocycles. The Kier molecular flexibility index (Phi) is 6.26. The second kappa shape index (κ2) is 9.13. The van der Waals surface area contributed by atoms with Gasteiger partial charge in [0.25, 0.3) is 5.78 Å². The fourth-order valence-electron chi connectivity index (χ4n) is 3.56. The Hall–Kier alpha value is -3.56. The molecule has 1 unspecified atom stereocenters. The van der Waals surface area contributed by atoms with Crippen LogP contribution in [0.25, 0.3) is 5.76 Å². The van der Waals surface area contributed by atoms with E-state index in [0.717, 1.165) is 11.3 Å². The van der Waals surface area contributed by atoms with Crippen LogP contribution in [0.2, 0.25) is 5.02 Å². The number of Topliss-reactive ketones (excluding diaryl/α,β-unsaturated/α-hetero) is 1. The van der Waals surface area contributed by atoms with Crippen molar-refractivity contribution in [3.05, 3.63) is 81.1 Å². The molecule has 1 aliphatic rings. The number of ketones is 1. The number of aromatic nitrogens is 2. The number of hydrogen-bond acceptors (Lipinski definition) is 8. The summed E-state index contributed by atoms with van der Waals surface area (Å²) < 4.78 is 5.07. The van der Waals surface area contributed by atoms with Gasteiger partial charge in [0.15, 0.2) is 5.13 Å². The van der Waals surface area contributed by atoms with E-state index >= 15 is 0 Å². The molecule has 0 radical (unpaired) electrons. The van der Waals surface area contributed by atoms with Crippen molar-refractivity contribution in [1.29, 1.82) is 0 Å². The fourth-order valence-corrected chi connectivity index (χ4v) is 4.74. The first kappa shape index (κ1) is 22.6. The summed E-state index contributed by atoms with van der Waals surface area (Å²) in [6.07, 6.45) is 2.94. The number of halogens is 1. The van der Waals surface area contributed by atoms with Crippen molar-refractivity contribution < 1.29 is 24.2 Å². The third-order valence-electron chi connectivity index (χ3n) is 5.01. The van der Waals surface area contributed by atoms with E-state index in [4.69, 9.17) is 16.3 Å². The zero-order valence-corrected chi connectivity index (χ0v) is 19.2. The SMILES string of the molecule is CCOC(=O)c1sc(N2C(=O)C(=O)C(=C(O)c3ccncc3)C2c2cccc(Cl)c2)nc1C. The molecule has 1 saturated heterocycles. The summed E-state index contributed by atoms with van der Waals surface area (Å²) in [6, 6.07) is 8.71. The fraction of sp³-hybridized carbons (Fsp3) is 0.174. The molecule has 1 atom stereocenters. The molecule has 10 heteroatoms. The second-order valence-corrected chi connectivity index (χ2v) is 8.51. The summed E-state index contributed by atoms with van der Waals surface area (Å²) in [5.74, 6) is -2.66. The Balaban J connectivity index is 1.92. The van der Waals surface area contributed by atoms with Gasteiger partial charge in [0, 0.05) is 23.0 Å². The maximum Gasteiger partial charge on any atom is 0.350 e. The van der Waals surface area contributed by atoms with E-state index in [9.17, 15) is 19.5 Å². The molecule has 0 bridgehead atoms. The van der Waals surface area contributed by atoms with Crippen LogP contribution >= 0.6 is 22.9 Å². The number of nitrogens with zero attached hydrogens (tertiary/aromatic N) is 3. The van der Waals surface area contributed by atoms with E-state index in [-0.39, 0.29) is 27.9 Å². The van der Waals surface area contributed by atoms with Gasteiger partial charge in [-0.25, -0.2) is 9.78 Å². The Morgan fingerprint density at radius 1 is 1.24 bits per heavy atom. The molecule has 8 nitrogen and oxygen atoms in total. The number of hydrogen-bond donors (Lipinski definition) is 1. The van der Waals surface area contributed by atoms with Gasteiger partial charge in [-0.3, -0.25) is 19.5 Å². The molecule has 0 spiro atoms. The molecule has 0 saturated carbocycles. The van der Waals surface area contributed by atoms with Crippen molar-refractivity contribution >= 4 is 51.5 Å². The van der Waals surface area contributed by atoms with Crippen molar-refractivity contribution in [2.45, 2.75) is 19.9 Å². The highest BCUT2D eigenvalue weighted by atomic mass is 35.5. The summed E-state index contributed by atoms with van der Waals surface area (Å²) in [7, 11) is 0. The molecular formula is C23H18ClN3O5S. The molecular weight excluding hydrogens is 466 g/mol. The minimum atomic E-state index is -1.00. The molecule has 3 heterocycles. The number of ether oxygens (including phenoxy) is 1. The monoisotopic (exact) mass is 483 g/mol. The highest BCUT2D eigenvalue weighted by molar-refractivity contribution is 7.17. The van der Waals surface area contributed by atoms with Gasteiger partial charge in [0.1, 0.15) is 10.6 Å². The van der Waals surface area contributed by atoms with Crippen LogP contribution in [0, 0.1) is 6.92 Å². The minimum absolute atomic E-state index is 0.112. The first-order valence-corrected chi connectivity index (χ1v) is 11.1. The van der Waals surface area contributed by atoms with Crippen LogP contribution in [0.15, 0.2) is 54.4 Å². The number of rotatable bonds is 5. The Bertz CT molecular complexity index is 1290. The van der Waals surface area contributed by atoms with Crippen LogP contribution < -0.4 is 4.90 Å². The van der Waals surface area contributed by atoms with Crippen molar-refractivity contribution in [3.63, 3.8) is 0 Å². The Morgan fingerprint density at radius 3 is 2.64 bits per heavy atom. The molecule has 1 aliphatic heterocycles. The van der Waals surface area contributed by atoms with E-state index < -0.39 is 23.7 Å².